The second kappa shape index (κ2) is 10.3. The first kappa shape index (κ1) is 25.4. The van der Waals surface area contributed by atoms with Gasteiger partial charge in [-0.05, 0) is 63.4 Å². The van der Waals surface area contributed by atoms with Crippen molar-refractivity contribution in [1.82, 2.24) is 29.4 Å². The number of imidazole rings is 1. The Morgan fingerprint density at radius 3 is 2.47 bits per heavy atom. The van der Waals surface area contributed by atoms with E-state index in [9.17, 15) is 13.6 Å². The number of hydrogen-bond donors (Lipinski definition) is 1. The van der Waals surface area contributed by atoms with E-state index in [0.717, 1.165) is 37.7 Å². The lowest BCUT2D eigenvalue weighted by Gasteiger charge is -2.27. The third kappa shape index (κ3) is 5.11. The summed E-state index contributed by atoms with van der Waals surface area (Å²) in [6.45, 7) is 8.84. The van der Waals surface area contributed by atoms with Gasteiger partial charge in [-0.2, -0.15) is 0 Å². The molecule has 0 atom stereocenters. The van der Waals surface area contributed by atoms with Crippen molar-refractivity contribution in [1.29, 1.82) is 0 Å². The number of nitrogens with one attached hydrogen (secondary N) is 1. The maximum atomic E-state index is 14.9. The number of benzene rings is 1. The molecule has 5 rings (SSSR count). The minimum atomic E-state index is -0.660. The molecule has 10 heteroatoms. The Hall–Kier alpha value is -4.21. The van der Waals surface area contributed by atoms with E-state index in [-0.39, 0.29) is 29.1 Å². The molecule has 1 fully saturated rings. The van der Waals surface area contributed by atoms with E-state index in [2.05, 4.69) is 31.3 Å². The summed E-state index contributed by atoms with van der Waals surface area (Å²) in [6, 6.07) is 6.72. The van der Waals surface area contributed by atoms with Crippen LogP contribution in [-0.4, -0.2) is 48.4 Å². The smallest absolute Gasteiger partial charge is 0.229 e. The van der Waals surface area contributed by atoms with Crippen molar-refractivity contribution >= 4 is 34.8 Å². The van der Waals surface area contributed by atoms with Crippen LogP contribution in [0.1, 0.15) is 51.0 Å². The lowest BCUT2D eigenvalue weighted by atomic mass is 10.0. The molecule has 0 saturated carbocycles. The van der Waals surface area contributed by atoms with Crippen LogP contribution in [0.3, 0.4) is 0 Å². The zero-order valence-electron chi connectivity index (χ0n) is 21.8. The summed E-state index contributed by atoms with van der Waals surface area (Å²) < 4.78 is 31.6. The number of pyridine rings is 1. The zero-order chi connectivity index (χ0) is 27.0. The van der Waals surface area contributed by atoms with Crippen LogP contribution in [0.4, 0.5) is 20.5 Å². The first-order valence-electron chi connectivity index (χ1n) is 12.6. The molecule has 0 spiro atoms. The number of aromatic nitrogens is 5. The molecule has 1 saturated heterocycles. The number of hydrogen-bond acceptors (Lipinski definition) is 6. The molecule has 1 amide bonds. The molecule has 4 aromatic rings. The maximum absolute atomic E-state index is 14.9. The number of halogens is 2. The van der Waals surface area contributed by atoms with Gasteiger partial charge in [-0.25, -0.2) is 28.7 Å². The number of aryl methyl sites for hydroxylation is 1. The van der Waals surface area contributed by atoms with Crippen molar-refractivity contribution < 1.29 is 13.6 Å². The van der Waals surface area contributed by atoms with E-state index in [1.54, 1.807) is 25.3 Å². The molecule has 1 N–H and O–H groups in total. The van der Waals surface area contributed by atoms with Crippen molar-refractivity contribution in [3.63, 3.8) is 0 Å². The summed E-state index contributed by atoms with van der Waals surface area (Å²) in [7, 11) is 0. The second-order valence-corrected chi connectivity index (χ2v) is 9.75. The van der Waals surface area contributed by atoms with E-state index in [0.29, 0.717) is 22.7 Å². The molecule has 196 valence electrons. The predicted molar refractivity (Wildman–Crippen MR) is 143 cm³/mol. The van der Waals surface area contributed by atoms with Gasteiger partial charge in [0.2, 0.25) is 11.9 Å². The topological polar surface area (TPSA) is 88.8 Å². The first-order chi connectivity index (χ1) is 18.2. The predicted octanol–water partition coefficient (Wildman–Crippen LogP) is 5.83. The fourth-order valence-corrected chi connectivity index (χ4v) is 4.86. The maximum Gasteiger partial charge on any atom is 0.229 e. The van der Waals surface area contributed by atoms with Crippen LogP contribution < -0.4 is 5.32 Å². The Morgan fingerprint density at radius 2 is 1.82 bits per heavy atom. The van der Waals surface area contributed by atoms with Crippen molar-refractivity contribution in [2.45, 2.75) is 46.6 Å². The third-order valence-electron chi connectivity index (χ3n) is 6.71. The van der Waals surface area contributed by atoms with Crippen molar-refractivity contribution in [2.24, 2.45) is 0 Å². The Labute approximate surface area is 219 Å². The average Bonchev–Trinajstić information content (AvgIpc) is 3.23. The number of carbonyl (C=O) groups is 1. The fraction of sp³-hybridized carbons (Fsp3) is 0.321. The number of carbonyl (C=O) groups excluding carboxylic acids is 1. The highest BCUT2D eigenvalue weighted by Gasteiger charge is 2.19. The summed E-state index contributed by atoms with van der Waals surface area (Å²) in [5.74, 6) is 0.230. The molecule has 8 nitrogen and oxygen atoms in total. The van der Waals surface area contributed by atoms with Gasteiger partial charge >= 0.3 is 0 Å². The van der Waals surface area contributed by atoms with Gasteiger partial charge in [-0.15, -0.1) is 0 Å². The van der Waals surface area contributed by atoms with Gasteiger partial charge in [-0.1, -0.05) is 11.6 Å². The molecule has 4 heterocycles. The van der Waals surface area contributed by atoms with Gasteiger partial charge < -0.3 is 14.8 Å². The standard InChI is InChI=1S/C28H29F2N7O/c1-16(2)37-17(3)33-27-22(29)12-21(13-24(27)37)26-23(30)15-32-28(35-26)34-25-6-5-20(14-31-25)11-19-7-9-36(10-8-19)18(4)38/h5-6,11-16H,7-10H2,1-4H3,(H,31,32,34,35). The number of fused-ring (bicyclic) bond motifs is 1. The molecular formula is C28H29F2N7O. The molecule has 1 aliphatic rings. The molecule has 1 aliphatic heterocycles. The van der Waals surface area contributed by atoms with Gasteiger partial charge in [-0.3, -0.25) is 4.79 Å². The van der Waals surface area contributed by atoms with Crippen LogP contribution in [0.2, 0.25) is 0 Å². The van der Waals surface area contributed by atoms with E-state index < -0.39 is 11.6 Å². The monoisotopic (exact) mass is 517 g/mol. The molecule has 3 aromatic heterocycles. The fourth-order valence-electron chi connectivity index (χ4n) is 4.86. The summed E-state index contributed by atoms with van der Waals surface area (Å²) >= 11 is 0. The molecule has 0 bridgehead atoms. The van der Waals surface area contributed by atoms with Crippen LogP contribution in [0, 0.1) is 18.6 Å². The molecular weight excluding hydrogens is 488 g/mol. The van der Waals surface area contributed by atoms with Crippen LogP contribution in [-0.2, 0) is 4.79 Å². The van der Waals surface area contributed by atoms with Crippen LogP contribution in [0.25, 0.3) is 28.4 Å². The van der Waals surface area contributed by atoms with Crippen LogP contribution in [0.5, 0.6) is 0 Å². The van der Waals surface area contributed by atoms with Crippen LogP contribution in [0.15, 0.2) is 42.2 Å². The minimum Gasteiger partial charge on any atom is -0.342 e. The normalized spacial score (nSPS) is 13.9. The minimum absolute atomic E-state index is 0.0179. The number of amides is 1. The molecule has 0 unspecified atom stereocenters. The van der Waals surface area contributed by atoms with E-state index in [4.69, 9.17) is 0 Å². The number of likely N-dealkylation sites (tertiary alicyclic amines) is 1. The Morgan fingerprint density at radius 1 is 1.05 bits per heavy atom. The van der Waals surface area contributed by atoms with Gasteiger partial charge in [0.25, 0.3) is 0 Å². The molecule has 1 aromatic carbocycles. The van der Waals surface area contributed by atoms with Crippen molar-refractivity contribution in [2.75, 3.05) is 18.4 Å². The quantitative estimate of drug-likeness (QED) is 0.359. The molecule has 0 aliphatic carbocycles. The highest BCUT2D eigenvalue weighted by molar-refractivity contribution is 5.83. The third-order valence-corrected chi connectivity index (χ3v) is 6.71. The lowest BCUT2D eigenvalue weighted by Crippen LogP contribution is -2.34. The summed E-state index contributed by atoms with van der Waals surface area (Å²) in [5, 5.41) is 3.00. The number of nitrogens with zero attached hydrogens (tertiary/aromatic N) is 6. The number of piperidine rings is 1. The van der Waals surface area contributed by atoms with Gasteiger partial charge in [0.05, 0.1) is 11.7 Å². The highest BCUT2D eigenvalue weighted by atomic mass is 19.1. The van der Waals surface area contributed by atoms with Gasteiger partial charge in [0, 0.05) is 37.8 Å². The molecule has 38 heavy (non-hydrogen) atoms. The Balaban J connectivity index is 1.37. The number of rotatable bonds is 5. The highest BCUT2D eigenvalue weighted by Crippen LogP contribution is 2.30. The summed E-state index contributed by atoms with van der Waals surface area (Å²) in [6.07, 6.45) is 6.57. The van der Waals surface area contributed by atoms with E-state index in [1.165, 1.54) is 11.6 Å². The SMILES string of the molecule is CC(=O)N1CCC(=Cc2ccc(Nc3ncc(F)c(-c4cc(F)c5nc(C)n(C(C)C)c5c4)n3)nc2)CC1. The Bertz CT molecular complexity index is 1530. The Kier molecular flexibility index (Phi) is 6.88. The number of anilines is 2. The van der Waals surface area contributed by atoms with Gasteiger partial charge in [0.15, 0.2) is 11.6 Å². The largest absolute Gasteiger partial charge is 0.342 e. The summed E-state index contributed by atoms with van der Waals surface area (Å²) in [5.41, 5.74) is 3.33. The van der Waals surface area contributed by atoms with E-state index in [1.807, 2.05) is 36.3 Å². The van der Waals surface area contributed by atoms with E-state index >= 15 is 0 Å². The molecule has 0 radical (unpaired) electrons. The summed E-state index contributed by atoms with van der Waals surface area (Å²) in [4.78, 5) is 30.5. The average molecular weight is 518 g/mol. The van der Waals surface area contributed by atoms with Crippen molar-refractivity contribution in [3.05, 3.63) is 65.3 Å². The van der Waals surface area contributed by atoms with Gasteiger partial charge in [0.1, 0.15) is 22.9 Å². The second-order valence-electron chi connectivity index (χ2n) is 9.75. The zero-order valence-corrected chi connectivity index (χ0v) is 21.8. The first-order valence-corrected chi connectivity index (χ1v) is 12.6. The van der Waals surface area contributed by atoms with Crippen molar-refractivity contribution in [3.8, 4) is 11.3 Å². The van der Waals surface area contributed by atoms with Crippen LogP contribution >= 0.6 is 0 Å². The lowest BCUT2D eigenvalue weighted by molar-refractivity contribution is -0.129.